The summed E-state index contributed by atoms with van der Waals surface area (Å²) in [6, 6.07) is 49.9. The molecule has 0 spiro atoms. The van der Waals surface area contributed by atoms with Gasteiger partial charge in [0.1, 0.15) is 5.01 Å². The Morgan fingerprint density at radius 1 is 0.372 bits per heavy atom. The summed E-state index contributed by atoms with van der Waals surface area (Å²) in [6.45, 7) is 0. The molecule has 8 rings (SSSR count). The summed E-state index contributed by atoms with van der Waals surface area (Å²) >= 11 is 1.74. The van der Waals surface area contributed by atoms with Crippen molar-refractivity contribution in [1.29, 1.82) is 0 Å². The van der Waals surface area contributed by atoms with E-state index in [2.05, 4.69) is 78.9 Å². The van der Waals surface area contributed by atoms with Gasteiger partial charge in [0.05, 0.1) is 10.2 Å². The molecule has 0 unspecified atom stereocenters. The highest BCUT2D eigenvalue weighted by Gasteiger charge is 2.15. The van der Waals surface area contributed by atoms with E-state index in [4.69, 9.17) is 19.9 Å². The lowest BCUT2D eigenvalue weighted by atomic mass is 9.96. The molecule has 0 aliphatic heterocycles. The Morgan fingerprint density at radius 2 is 0.814 bits per heavy atom. The zero-order valence-electron chi connectivity index (χ0n) is 23.1. The third kappa shape index (κ3) is 4.76. The highest BCUT2D eigenvalue weighted by atomic mass is 32.1. The standard InChI is InChI=1S/C38H24N4S/c1-4-12-26(13-5-1)35-40-36(27-14-6-2-7-15-27)42-37(41-35)28-22-20-25(21-23-28)32-24-33-34(31-19-11-10-18-30(31)32)39-38(43-33)29-16-8-3-9-17-29/h1-24H. The van der Waals surface area contributed by atoms with Gasteiger partial charge in [-0.25, -0.2) is 19.9 Å². The van der Waals surface area contributed by atoms with Gasteiger partial charge in [0.15, 0.2) is 17.5 Å². The number of aromatic nitrogens is 4. The van der Waals surface area contributed by atoms with Crippen molar-refractivity contribution in [1.82, 2.24) is 19.9 Å². The average molecular weight is 569 g/mol. The second kappa shape index (κ2) is 10.7. The first-order valence-electron chi connectivity index (χ1n) is 14.2. The topological polar surface area (TPSA) is 51.6 Å². The molecule has 8 aromatic rings. The van der Waals surface area contributed by atoms with Gasteiger partial charge in [0.25, 0.3) is 0 Å². The minimum absolute atomic E-state index is 0.648. The lowest BCUT2D eigenvalue weighted by Gasteiger charge is -2.10. The lowest BCUT2D eigenvalue weighted by Crippen LogP contribution is -2.00. The van der Waals surface area contributed by atoms with E-state index in [1.165, 1.54) is 15.6 Å². The summed E-state index contributed by atoms with van der Waals surface area (Å²) in [5, 5.41) is 3.38. The highest BCUT2D eigenvalue weighted by Crippen LogP contribution is 2.40. The molecule has 0 amide bonds. The molecule has 2 heterocycles. The van der Waals surface area contributed by atoms with Crippen molar-refractivity contribution in [3.63, 3.8) is 0 Å². The molecule has 2 aromatic heterocycles. The Hall–Kier alpha value is -5.52. The van der Waals surface area contributed by atoms with E-state index in [0.717, 1.165) is 43.7 Å². The fourth-order valence-electron chi connectivity index (χ4n) is 5.44. The summed E-state index contributed by atoms with van der Waals surface area (Å²) in [4.78, 5) is 19.7. The van der Waals surface area contributed by atoms with Gasteiger partial charge in [-0.05, 0) is 22.6 Å². The fourth-order valence-corrected chi connectivity index (χ4v) is 6.46. The summed E-state index contributed by atoms with van der Waals surface area (Å²) in [6.07, 6.45) is 0. The first-order chi connectivity index (χ1) is 21.3. The molecule has 4 nitrogen and oxygen atoms in total. The second-order valence-electron chi connectivity index (χ2n) is 10.3. The minimum Gasteiger partial charge on any atom is -0.235 e. The van der Waals surface area contributed by atoms with Crippen LogP contribution in [0.2, 0.25) is 0 Å². The summed E-state index contributed by atoms with van der Waals surface area (Å²) in [5.41, 5.74) is 7.36. The maximum absolute atomic E-state index is 5.06. The van der Waals surface area contributed by atoms with E-state index >= 15 is 0 Å². The van der Waals surface area contributed by atoms with Crippen molar-refractivity contribution in [3.05, 3.63) is 146 Å². The summed E-state index contributed by atoms with van der Waals surface area (Å²) in [7, 11) is 0. The van der Waals surface area contributed by atoms with E-state index in [0.29, 0.717) is 17.5 Å². The summed E-state index contributed by atoms with van der Waals surface area (Å²) < 4.78 is 1.18. The quantitative estimate of drug-likeness (QED) is 0.207. The Morgan fingerprint density at radius 3 is 1.37 bits per heavy atom. The minimum atomic E-state index is 0.648. The maximum Gasteiger partial charge on any atom is 0.164 e. The van der Waals surface area contributed by atoms with E-state index in [1.807, 2.05) is 66.7 Å². The normalized spacial score (nSPS) is 11.3. The zero-order chi connectivity index (χ0) is 28.6. The van der Waals surface area contributed by atoms with Crippen LogP contribution in [0.4, 0.5) is 0 Å². The first kappa shape index (κ1) is 25.2. The molecule has 0 saturated carbocycles. The molecule has 202 valence electrons. The van der Waals surface area contributed by atoms with Gasteiger partial charge in [-0.1, -0.05) is 140 Å². The number of thiazole rings is 1. The van der Waals surface area contributed by atoms with Crippen LogP contribution in [0.1, 0.15) is 0 Å². The number of fused-ring (bicyclic) bond motifs is 3. The van der Waals surface area contributed by atoms with Crippen LogP contribution in [0.5, 0.6) is 0 Å². The third-order valence-corrected chi connectivity index (χ3v) is 8.63. The van der Waals surface area contributed by atoms with Crippen molar-refractivity contribution in [2.75, 3.05) is 0 Å². The number of benzene rings is 6. The Bertz CT molecular complexity index is 2150. The van der Waals surface area contributed by atoms with E-state index < -0.39 is 0 Å². The molecular weight excluding hydrogens is 545 g/mol. The van der Waals surface area contributed by atoms with Gasteiger partial charge < -0.3 is 0 Å². The van der Waals surface area contributed by atoms with Crippen LogP contribution in [0.3, 0.4) is 0 Å². The van der Waals surface area contributed by atoms with Gasteiger partial charge in [-0.3, -0.25) is 0 Å². The van der Waals surface area contributed by atoms with Gasteiger partial charge >= 0.3 is 0 Å². The molecule has 0 bridgehead atoms. The maximum atomic E-state index is 5.06. The van der Waals surface area contributed by atoms with Crippen molar-refractivity contribution >= 4 is 32.3 Å². The number of nitrogens with zero attached hydrogens (tertiary/aromatic N) is 4. The van der Waals surface area contributed by atoms with E-state index in [1.54, 1.807) is 11.3 Å². The smallest absolute Gasteiger partial charge is 0.164 e. The number of hydrogen-bond acceptors (Lipinski definition) is 5. The predicted molar refractivity (Wildman–Crippen MR) is 178 cm³/mol. The second-order valence-corrected chi connectivity index (χ2v) is 11.3. The van der Waals surface area contributed by atoms with Gasteiger partial charge in [-0.15, -0.1) is 11.3 Å². The van der Waals surface area contributed by atoms with Crippen LogP contribution in [0.15, 0.2) is 146 Å². The molecule has 0 N–H and O–H groups in total. The first-order valence-corrected chi connectivity index (χ1v) is 15.0. The third-order valence-electron chi connectivity index (χ3n) is 7.58. The van der Waals surface area contributed by atoms with E-state index in [-0.39, 0.29) is 0 Å². The molecule has 0 atom stereocenters. The SMILES string of the molecule is c1ccc(-c2nc(-c3ccccc3)nc(-c3ccc(-c4cc5sc(-c6ccccc6)nc5c5ccccc45)cc3)n2)cc1. The largest absolute Gasteiger partial charge is 0.235 e. The predicted octanol–water partition coefficient (Wildman–Crippen LogP) is 9.97. The zero-order valence-corrected chi connectivity index (χ0v) is 23.9. The molecular formula is C38H24N4S. The average Bonchev–Trinajstić information content (AvgIpc) is 3.54. The van der Waals surface area contributed by atoms with Crippen LogP contribution >= 0.6 is 11.3 Å². The Kier molecular flexibility index (Phi) is 6.28. The fraction of sp³-hybridized carbons (Fsp3) is 0. The number of rotatable bonds is 5. The van der Waals surface area contributed by atoms with Crippen LogP contribution in [0, 0.1) is 0 Å². The van der Waals surface area contributed by atoms with Crippen LogP contribution in [-0.2, 0) is 0 Å². The van der Waals surface area contributed by atoms with Crippen molar-refractivity contribution < 1.29 is 0 Å². The highest BCUT2D eigenvalue weighted by molar-refractivity contribution is 7.21. The molecule has 0 radical (unpaired) electrons. The van der Waals surface area contributed by atoms with Crippen molar-refractivity contribution in [3.8, 4) is 55.9 Å². The Labute approximate surface area is 253 Å². The molecule has 0 fully saturated rings. The molecule has 6 aromatic carbocycles. The monoisotopic (exact) mass is 568 g/mol. The molecule has 0 aliphatic rings. The van der Waals surface area contributed by atoms with Crippen LogP contribution < -0.4 is 0 Å². The molecule has 43 heavy (non-hydrogen) atoms. The van der Waals surface area contributed by atoms with Gasteiger partial charge in [0.2, 0.25) is 0 Å². The van der Waals surface area contributed by atoms with Gasteiger partial charge in [0, 0.05) is 27.6 Å². The van der Waals surface area contributed by atoms with Gasteiger partial charge in [-0.2, -0.15) is 0 Å². The molecule has 0 saturated heterocycles. The molecule has 0 aliphatic carbocycles. The van der Waals surface area contributed by atoms with Crippen LogP contribution in [0.25, 0.3) is 76.9 Å². The van der Waals surface area contributed by atoms with E-state index in [9.17, 15) is 0 Å². The van der Waals surface area contributed by atoms with Crippen LogP contribution in [-0.4, -0.2) is 19.9 Å². The van der Waals surface area contributed by atoms with Crippen molar-refractivity contribution in [2.24, 2.45) is 0 Å². The van der Waals surface area contributed by atoms with Crippen molar-refractivity contribution in [2.45, 2.75) is 0 Å². The summed E-state index contributed by atoms with van der Waals surface area (Å²) in [5.74, 6) is 1.96. The Balaban J connectivity index is 1.23. The number of hydrogen-bond donors (Lipinski definition) is 0. The molecule has 5 heteroatoms. The lowest BCUT2D eigenvalue weighted by molar-refractivity contribution is 1.07.